The Balaban J connectivity index is 1.30. The van der Waals surface area contributed by atoms with Crippen molar-refractivity contribution in [2.24, 2.45) is 0 Å². The van der Waals surface area contributed by atoms with E-state index in [2.05, 4.69) is 32.2 Å². The van der Waals surface area contributed by atoms with Gasteiger partial charge in [0.15, 0.2) is 5.13 Å². The van der Waals surface area contributed by atoms with Gasteiger partial charge >= 0.3 is 0 Å². The summed E-state index contributed by atoms with van der Waals surface area (Å²) in [6, 6.07) is 16.0. The predicted octanol–water partition coefficient (Wildman–Crippen LogP) is 3.07. The standard InChI is InChI=1S/C20H22N4O2S/c1-26-16-6-4-5-15(13-16)24-11-9-23(10-12-24)14-19(25)22-20-21-17-7-2-3-8-18(17)27-20/h2-8,13H,9-12,14H2,1H3,(H,21,22,25). The van der Waals surface area contributed by atoms with Gasteiger partial charge < -0.3 is 15.0 Å². The Morgan fingerprint density at radius 1 is 1.15 bits per heavy atom. The van der Waals surface area contributed by atoms with Crippen LogP contribution in [0.25, 0.3) is 10.2 Å². The zero-order chi connectivity index (χ0) is 18.6. The summed E-state index contributed by atoms with van der Waals surface area (Å²) in [6.07, 6.45) is 0. The summed E-state index contributed by atoms with van der Waals surface area (Å²) >= 11 is 1.51. The number of nitrogens with zero attached hydrogens (tertiary/aromatic N) is 3. The molecule has 2 aromatic carbocycles. The van der Waals surface area contributed by atoms with Gasteiger partial charge in [-0.15, -0.1) is 0 Å². The molecule has 0 saturated carbocycles. The van der Waals surface area contributed by atoms with Crippen LogP contribution in [0.5, 0.6) is 5.75 Å². The Bertz CT molecular complexity index is 901. The number of rotatable bonds is 5. The predicted molar refractivity (Wildman–Crippen MR) is 110 cm³/mol. The molecule has 0 aliphatic carbocycles. The summed E-state index contributed by atoms with van der Waals surface area (Å²) in [5.74, 6) is 0.856. The van der Waals surface area contributed by atoms with Gasteiger partial charge in [0.1, 0.15) is 5.75 Å². The lowest BCUT2D eigenvalue weighted by Crippen LogP contribution is -2.48. The first kappa shape index (κ1) is 17.8. The highest BCUT2D eigenvalue weighted by molar-refractivity contribution is 7.22. The van der Waals surface area contributed by atoms with Gasteiger partial charge in [0.25, 0.3) is 0 Å². The number of hydrogen-bond donors (Lipinski definition) is 1. The smallest absolute Gasteiger partial charge is 0.240 e. The van der Waals surface area contributed by atoms with Crippen LogP contribution in [0.1, 0.15) is 0 Å². The second-order valence-corrected chi connectivity index (χ2v) is 7.53. The van der Waals surface area contributed by atoms with Crippen LogP contribution in [0.2, 0.25) is 0 Å². The average Bonchev–Trinajstić information content (AvgIpc) is 3.10. The zero-order valence-electron chi connectivity index (χ0n) is 15.2. The Hall–Kier alpha value is -2.64. The number of nitrogens with one attached hydrogen (secondary N) is 1. The first-order valence-corrected chi connectivity index (χ1v) is 9.80. The van der Waals surface area contributed by atoms with Crippen molar-refractivity contribution < 1.29 is 9.53 Å². The number of piperazine rings is 1. The topological polar surface area (TPSA) is 57.7 Å². The van der Waals surface area contributed by atoms with E-state index in [4.69, 9.17) is 4.74 Å². The van der Waals surface area contributed by atoms with E-state index >= 15 is 0 Å². The molecule has 0 unspecified atom stereocenters. The van der Waals surface area contributed by atoms with Crippen molar-refractivity contribution in [2.75, 3.05) is 50.1 Å². The molecular formula is C20H22N4O2S. The molecule has 1 saturated heterocycles. The zero-order valence-corrected chi connectivity index (χ0v) is 16.0. The fourth-order valence-corrected chi connectivity index (χ4v) is 4.14. The lowest BCUT2D eigenvalue weighted by Gasteiger charge is -2.35. The minimum absolute atomic E-state index is 0.0103. The third-order valence-electron chi connectivity index (χ3n) is 4.70. The molecule has 1 amide bonds. The quantitative estimate of drug-likeness (QED) is 0.735. The number of ether oxygens (including phenoxy) is 1. The van der Waals surface area contributed by atoms with E-state index in [0.29, 0.717) is 11.7 Å². The third kappa shape index (κ3) is 4.20. The Kier molecular flexibility index (Phi) is 5.22. The van der Waals surface area contributed by atoms with E-state index in [9.17, 15) is 4.79 Å². The lowest BCUT2D eigenvalue weighted by atomic mass is 10.2. The van der Waals surface area contributed by atoms with E-state index in [1.807, 2.05) is 36.4 Å². The normalized spacial score (nSPS) is 15.1. The summed E-state index contributed by atoms with van der Waals surface area (Å²) < 4.78 is 6.39. The number of para-hydroxylation sites is 1. The maximum Gasteiger partial charge on any atom is 0.240 e. The van der Waals surface area contributed by atoms with Gasteiger partial charge in [-0.25, -0.2) is 4.98 Å². The second-order valence-electron chi connectivity index (χ2n) is 6.50. The molecule has 2 heterocycles. The average molecular weight is 382 g/mol. The molecule has 4 rings (SSSR count). The lowest BCUT2D eigenvalue weighted by molar-refractivity contribution is -0.117. The number of benzene rings is 2. The van der Waals surface area contributed by atoms with E-state index in [0.717, 1.165) is 47.8 Å². The number of fused-ring (bicyclic) bond motifs is 1. The molecule has 0 bridgehead atoms. The molecule has 1 N–H and O–H groups in total. The number of carbonyl (C=O) groups excluding carboxylic acids is 1. The molecule has 1 aromatic heterocycles. The molecule has 1 aliphatic heterocycles. The van der Waals surface area contributed by atoms with Gasteiger partial charge in [0, 0.05) is 37.9 Å². The maximum atomic E-state index is 12.4. The number of anilines is 2. The molecule has 0 radical (unpaired) electrons. The number of methoxy groups -OCH3 is 1. The van der Waals surface area contributed by atoms with Crippen LogP contribution in [-0.2, 0) is 4.79 Å². The molecule has 1 fully saturated rings. The van der Waals surface area contributed by atoms with Crippen molar-refractivity contribution in [3.8, 4) is 5.75 Å². The van der Waals surface area contributed by atoms with Gasteiger partial charge in [-0.1, -0.05) is 29.5 Å². The second kappa shape index (κ2) is 7.94. The third-order valence-corrected chi connectivity index (χ3v) is 5.65. The van der Waals surface area contributed by atoms with Crippen LogP contribution in [0.3, 0.4) is 0 Å². The summed E-state index contributed by atoms with van der Waals surface area (Å²) in [5.41, 5.74) is 2.08. The molecule has 6 nitrogen and oxygen atoms in total. The van der Waals surface area contributed by atoms with Crippen LogP contribution < -0.4 is 15.0 Å². The van der Waals surface area contributed by atoms with Crippen LogP contribution in [-0.4, -0.2) is 55.6 Å². The summed E-state index contributed by atoms with van der Waals surface area (Å²) in [5, 5.41) is 3.60. The SMILES string of the molecule is COc1cccc(N2CCN(CC(=O)Nc3nc4ccccc4s3)CC2)c1. The monoisotopic (exact) mass is 382 g/mol. The van der Waals surface area contributed by atoms with Gasteiger partial charge in [-0.05, 0) is 24.3 Å². The van der Waals surface area contributed by atoms with Gasteiger partial charge in [0.2, 0.25) is 5.91 Å². The first-order valence-electron chi connectivity index (χ1n) is 8.98. The Morgan fingerprint density at radius 2 is 1.96 bits per heavy atom. The van der Waals surface area contributed by atoms with Crippen LogP contribution >= 0.6 is 11.3 Å². The van der Waals surface area contributed by atoms with Crippen molar-refractivity contribution >= 4 is 38.3 Å². The number of aromatic nitrogens is 1. The van der Waals surface area contributed by atoms with E-state index < -0.39 is 0 Å². The Morgan fingerprint density at radius 3 is 2.74 bits per heavy atom. The summed E-state index contributed by atoms with van der Waals surface area (Å²) in [6.45, 7) is 3.87. The van der Waals surface area contributed by atoms with E-state index in [1.165, 1.54) is 11.3 Å². The summed E-state index contributed by atoms with van der Waals surface area (Å²) in [4.78, 5) is 21.3. The first-order chi connectivity index (χ1) is 13.2. The highest BCUT2D eigenvalue weighted by Crippen LogP contribution is 2.25. The van der Waals surface area contributed by atoms with Gasteiger partial charge in [-0.2, -0.15) is 0 Å². The molecule has 0 atom stereocenters. The van der Waals surface area contributed by atoms with Crippen molar-refractivity contribution in [2.45, 2.75) is 0 Å². The minimum atomic E-state index is -0.0103. The Labute approximate surface area is 162 Å². The number of amides is 1. The van der Waals surface area contributed by atoms with Crippen molar-refractivity contribution in [3.63, 3.8) is 0 Å². The highest BCUT2D eigenvalue weighted by atomic mass is 32.1. The van der Waals surface area contributed by atoms with E-state index in [-0.39, 0.29) is 5.91 Å². The van der Waals surface area contributed by atoms with Crippen molar-refractivity contribution in [1.82, 2.24) is 9.88 Å². The molecule has 0 spiro atoms. The van der Waals surface area contributed by atoms with Crippen LogP contribution in [0.15, 0.2) is 48.5 Å². The van der Waals surface area contributed by atoms with Crippen molar-refractivity contribution in [3.05, 3.63) is 48.5 Å². The molecule has 27 heavy (non-hydrogen) atoms. The number of thiazole rings is 1. The fraction of sp³-hybridized carbons (Fsp3) is 0.300. The molecule has 3 aromatic rings. The van der Waals surface area contributed by atoms with Crippen molar-refractivity contribution in [1.29, 1.82) is 0 Å². The van der Waals surface area contributed by atoms with Gasteiger partial charge in [0.05, 0.1) is 23.9 Å². The maximum absolute atomic E-state index is 12.4. The summed E-state index contributed by atoms with van der Waals surface area (Å²) in [7, 11) is 1.68. The molecule has 140 valence electrons. The fourth-order valence-electron chi connectivity index (χ4n) is 3.26. The number of carbonyl (C=O) groups is 1. The molecule has 7 heteroatoms. The minimum Gasteiger partial charge on any atom is -0.497 e. The van der Waals surface area contributed by atoms with E-state index in [1.54, 1.807) is 7.11 Å². The van der Waals surface area contributed by atoms with Gasteiger partial charge in [-0.3, -0.25) is 9.69 Å². The largest absolute Gasteiger partial charge is 0.497 e. The number of hydrogen-bond acceptors (Lipinski definition) is 6. The highest BCUT2D eigenvalue weighted by Gasteiger charge is 2.20. The van der Waals surface area contributed by atoms with Crippen LogP contribution in [0, 0.1) is 0 Å². The van der Waals surface area contributed by atoms with Crippen LogP contribution in [0.4, 0.5) is 10.8 Å². The molecule has 1 aliphatic rings. The molecular weight excluding hydrogens is 360 g/mol.